The van der Waals surface area contributed by atoms with Gasteiger partial charge in [0.25, 0.3) is 0 Å². The topological polar surface area (TPSA) is 59.0 Å². The molecule has 0 radical (unpaired) electrons. The van der Waals surface area contributed by atoms with Crippen molar-refractivity contribution in [2.24, 2.45) is 0 Å². The van der Waals surface area contributed by atoms with E-state index in [1.165, 1.54) is 21.0 Å². The molecule has 0 saturated carbocycles. The van der Waals surface area contributed by atoms with E-state index < -0.39 is 0 Å². The molecule has 0 bridgehead atoms. The molecule has 1 atom stereocenters. The zero-order valence-electron chi connectivity index (χ0n) is 21.9. The third kappa shape index (κ3) is 4.33. The van der Waals surface area contributed by atoms with Gasteiger partial charge in [0.05, 0.1) is 37.7 Å². The fourth-order valence-corrected chi connectivity index (χ4v) is 6.97. The summed E-state index contributed by atoms with van der Waals surface area (Å²) in [5.41, 5.74) is 5.41. The number of anilines is 1. The Kier molecular flexibility index (Phi) is 6.59. The molecule has 4 aromatic rings. The molecule has 2 aromatic carbocycles. The van der Waals surface area contributed by atoms with Crippen LogP contribution in [0.15, 0.2) is 66.9 Å². The van der Waals surface area contributed by atoms with E-state index >= 15 is 0 Å². The summed E-state index contributed by atoms with van der Waals surface area (Å²) in [6.07, 6.45) is 3.12. The van der Waals surface area contributed by atoms with Gasteiger partial charge in [0.1, 0.15) is 16.5 Å². The third-order valence-corrected chi connectivity index (χ3v) is 8.63. The summed E-state index contributed by atoms with van der Waals surface area (Å²) in [5.74, 6) is 1.45. The Labute approximate surface area is 227 Å². The van der Waals surface area contributed by atoms with E-state index in [1.807, 2.05) is 59.6 Å². The van der Waals surface area contributed by atoms with Crippen LogP contribution in [0.3, 0.4) is 0 Å². The van der Waals surface area contributed by atoms with Crippen LogP contribution in [0.25, 0.3) is 5.00 Å². The first-order chi connectivity index (χ1) is 18.6. The van der Waals surface area contributed by atoms with Crippen LogP contribution in [0.2, 0.25) is 0 Å². The lowest BCUT2D eigenvalue weighted by molar-refractivity contribution is 0.194. The highest BCUT2D eigenvalue weighted by molar-refractivity contribution is 7.15. The molecular formula is C30H32N4O3S. The number of methoxy groups -OCH3 is 1. The second-order valence-electron chi connectivity index (χ2n) is 9.74. The molecule has 0 aliphatic carbocycles. The molecule has 2 aliphatic heterocycles. The minimum Gasteiger partial charge on any atom is -0.497 e. The van der Waals surface area contributed by atoms with Crippen molar-refractivity contribution >= 4 is 23.1 Å². The number of nitrogens with one attached hydrogen (secondary N) is 1. The summed E-state index contributed by atoms with van der Waals surface area (Å²) in [4.78, 5) is 19.9. The van der Waals surface area contributed by atoms with Crippen molar-refractivity contribution in [3.05, 3.63) is 94.1 Å². The predicted molar refractivity (Wildman–Crippen MR) is 151 cm³/mol. The lowest BCUT2D eigenvalue weighted by Gasteiger charge is -2.32. The molecule has 2 aliphatic rings. The number of likely N-dealkylation sites (N-methyl/N-ethyl adjacent to an activating group) is 1. The van der Waals surface area contributed by atoms with Gasteiger partial charge in [-0.1, -0.05) is 24.3 Å². The molecule has 38 heavy (non-hydrogen) atoms. The number of nitrogens with zero attached hydrogens (tertiary/aromatic N) is 3. The number of rotatable bonds is 5. The van der Waals surface area contributed by atoms with E-state index in [-0.39, 0.29) is 12.1 Å². The van der Waals surface area contributed by atoms with Crippen LogP contribution in [-0.4, -0.2) is 47.7 Å². The van der Waals surface area contributed by atoms with Gasteiger partial charge in [-0.3, -0.25) is 0 Å². The summed E-state index contributed by atoms with van der Waals surface area (Å²) in [6, 6.07) is 19.4. The Hall–Kier alpha value is -3.75. The largest absolute Gasteiger partial charge is 0.497 e. The number of hydrogen-bond donors (Lipinski definition) is 1. The number of amides is 2. The Morgan fingerprint density at radius 2 is 1.87 bits per heavy atom. The van der Waals surface area contributed by atoms with E-state index in [9.17, 15) is 4.79 Å². The van der Waals surface area contributed by atoms with Crippen LogP contribution in [-0.2, 0) is 19.5 Å². The lowest BCUT2D eigenvalue weighted by atomic mass is 10.00. The van der Waals surface area contributed by atoms with Crippen molar-refractivity contribution < 1.29 is 14.3 Å². The van der Waals surface area contributed by atoms with Gasteiger partial charge in [0, 0.05) is 29.7 Å². The van der Waals surface area contributed by atoms with Gasteiger partial charge in [0.15, 0.2) is 0 Å². The Bertz CT molecular complexity index is 1460. The summed E-state index contributed by atoms with van der Waals surface area (Å²) >= 11 is 1.86. The summed E-state index contributed by atoms with van der Waals surface area (Å²) in [7, 11) is 3.84. The molecule has 4 heterocycles. The van der Waals surface area contributed by atoms with Crippen molar-refractivity contribution in [2.75, 3.05) is 32.6 Å². The molecule has 0 spiro atoms. The molecule has 0 fully saturated rings. The maximum Gasteiger partial charge on any atom is 0.323 e. The average molecular weight is 529 g/mol. The maximum atomic E-state index is 14.2. The number of fused-ring (bicyclic) bond motifs is 5. The highest BCUT2D eigenvalue weighted by Gasteiger charge is 2.36. The normalized spacial score (nSPS) is 16.7. The Morgan fingerprint density at radius 3 is 2.66 bits per heavy atom. The number of urea groups is 1. The van der Waals surface area contributed by atoms with Crippen LogP contribution >= 0.6 is 11.3 Å². The highest BCUT2D eigenvalue weighted by Crippen LogP contribution is 2.44. The van der Waals surface area contributed by atoms with Crippen LogP contribution in [0, 0.1) is 0 Å². The first-order valence-electron chi connectivity index (χ1n) is 13.0. The first kappa shape index (κ1) is 24.6. The smallest absolute Gasteiger partial charge is 0.323 e. The van der Waals surface area contributed by atoms with Gasteiger partial charge in [-0.15, -0.1) is 11.3 Å². The third-order valence-electron chi connectivity index (χ3n) is 7.38. The standard InChI is InChI=1S/C30H32N4O3S/c1-4-37-26-10-6-5-8-24(26)31-30(35)34-18-23-22-15-17-32(2)19-27(22)38-29(23)33-16-7-9-25(33)28(34)20-11-13-21(36-3)14-12-20/h5-14,16,28H,4,15,17-19H2,1-3H3,(H,31,35)/t28-/m0/s1. The quantitative estimate of drug-likeness (QED) is 0.342. The maximum absolute atomic E-state index is 14.2. The molecule has 2 aromatic heterocycles. The SMILES string of the molecule is CCOc1ccccc1NC(=O)N1Cc2c(sc3c2CCN(C)C3)-n2cccc2[C@@H]1c1ccc(OC)cc1. The van der Waals surface area contributed by atoms with E-state index in [2.05, 4.69) is 52.3 Å². The van der Waals surface area contributed by atoms with Crippen molar-refractivity contribution in [3.63, 3.8) is 0 Å². The van der Waals surface area contributed by atoms with Crippen LogP contribution < -0.4 is 14.8 Å². The number of para-hydroxylation sites is 2. The van der Waals surface area contributed by atoms with E-state index in [0.29, 0.717) is 24.6 Å². The monoisotopic (exact) mass is 528 g/mol. The van der Waals surface area contributed by atoms with E-state index in [1.54, 1.807) is 7.11 Å². The fourth-order valence-electron chi connectivity index (χ4n) is 5.53. The molecule has 8 heteroatoms. The highest BCUT2D eigenvalue weighted by atomic mass is 32.1. The van der Waals surface area contributed by atoms with E-state index in [0.717, 1.165) is 36.5 Å². The second kappa shape index (κ2) is 10.2. The van der Waals surface area contributed by atoms with Gasteiger partial charge >= 0.3 is 6.03 Å². The first-order valence-corrected chi connectivity index (χ1v) is 13.8. The van der Waals surface area contributed by atoms with Crippen LogP contribution in [0.4, 0.5) is 10.5 Å². The lowest BCUT2D eigenvalue weighted by Crippen LogP contribution is -2.38. The molecule has 1 N–H and O–H groups in total. The zero-order chi connectivity index (χ0) is 26.2. The Morgan fingerprint density at radius 1 is 1.05 bits per heavy atom. The number of carbonyl (C=O) groups is 1. The molecular weight excluding hydrogens is 496 g/mol. The molecule has 196 valence electrons. The summed E-state index contributed by atoms with van der Waals surface area (Å²) in [6.45, 7) is 4.95. The molecule has 0 unspecified atom stereocenters. The summed E-state index contributed by atoms with van der Waals surface area (Å²) < 4.78 is 13.5. The number of benzene rings is 2. The molecule has 7 nitrogen and oxygen atoms in total. The Balaban J connectivity index is 1.47. The van der Waals surface area contributed by atoms with Crippen molar-refractivity contribution in [3.8, 4) is 16.5 Å². The molecule has 2 amide bonds. The van der Waals surface area contributed by atoms with Gasteiger partial charge in [-0.2, -0.15) is 0 Å². The van der Waals surface area contributed by atoms with Crippen LogP contribution in [0.5, 0.6) is 11.5 Å². The number of aromatic nitrogens is 1. The minimum absolute atomic E-state index is 0.161. The van der Waals surface area contributed by atoms with Gasteiger partial charge in [-0.05, 0) is 67.9 Å². The minimum atomic E-state index is -0.281. The van der Waals surface area contributed by atoms with Crippen molar-refractivity contribution in [1.82, 2.24) is 14.4 Å². The number of thiophene rings is 1. The van der Waals surface area contributed by atoms with Gasteiger partial charge < -0.3 is 29.2 Å². The van der Waals surface area contributed by atoms with Crippen LogP contribution in [0.1, 0.15) is 40.2 Å². The molecule has 0 saturated heterocycles. The predicted octanol–water partition coefficient (Wildman–Crippen LogP) is 6.07. The van der Waals surface area contributed by atoms with Gasteiger partial charge in [0.2, 0.25) is 0 Å². The van der Waals surface area contributed by atoms with Gasteiger partial charge in [-0.25, -0.2) is 4.79 Å². The average Bonchev–Trinajstić information content (AvgIpc) is 3.51. The number of ether oxygens (including phenoxy) is 2. The van der Waals surface area contributed by atoms with E-state index in [4.69, 9.17) is 9.47 Å². The fraction of sp³-hybridized carbons (Fsp3) is 0.300. The number of hydrogen-bond acceptors (Lipinski definition) is 5. The summed E-state index contributed by atoms with van der Waals surface area (Å²) in [5, 5.41) is 4.39. The second-order valence-corrected chi connectivity index (χ2v) is 10.8. The van der Waals surface area contributed by atoms with Crippen molar-refractivity contribution in [1.29, 1.82) is 0 Å². The van der Waals surface area contributed by atoms with Crippen molar-refractivity contribution in [2.45, 2.75) is 32.5 Å². The zero-order valence-corrected chi connectivity index (χ0v) is 22.8. The molecule has 6 rings (SSSR count). The number of carbonyl (C=O) groups excluding carboxylic acids is 1.